The molecule has 23 heavy (non-hydrogen) atoms. The number of H-pyrrole nitrogens is 1. The number of aromatic amines is 1. The lowest BCUT2D eigenvalue weighted by molar-refractivity contribution is -0.126. The lowest BCUT2D eigenvalue weighted by atomic mass is 9.99. The molecule has 0 radical (unpaired) electrons. The van der Waals surface area contributed by atoms with Gasteiger partial charge in [0.1, 0.15) is 11.9 Å². The van der Waals surface area contributed by atoms with Crippen molar-refractivity contribution in [3.63, 3.8) is 0 Å². The Morgan fingerprint density at radius 2 is 2.17 bits per heavy atom. The minimum absolute atomic E-state index is 0.0861. The molecule has 1 aliphatic heterocycles. The first-order valence-electron chi connectivity index (χ1n) is 6.95. The van der Waals surface area contributed by atoms with Gasteiger partial charge < -0.3 is 10.3 Å². The van der Waals surface area contributed by atoms with E-state index in [1.54, 1.807) is 6.92 Å². The average Bonchev–Trinajstić information content (AvgIpc) is 3.03. The van der Waals surface area contributed by atoms with Crippen LogP contribution in [0.3, 0.4) is 0 Å². The number of aromatic nitrogens is 2. The van der Waals surface area contributed by atoms with Crippen molar-refractivity contribution < 1.29 is 17.6 Å². The quantitative estimate of drug-likeness (QED) is 0.862. The molecule has 0 aliphatic carbocycles. The Balaban J connectivity index is 2.09. The minimum atomic E-state index is -3.92. The molecule has 3 rings (SSSR count). The van der Waals surface area contributed by atoms with Crippen LogP contribution >= 0.6 is 0 Å². The van der Waals surface area contributed by atoms with E-state index >= 15 is 0 Å². The second-order valence-corrected chi connectivity index (χ2v) is 7.09. The van der Waals surface area contributed by atoms with Gasteiger partial charge in [0, 0.05) is 13.1 Å². The van der Waals surface area contributed by atoms with Gasteiger partial charge in [0.15, 0.2) is 5.03 Å². The fourth-order valence-corrected chi connectivity index (χ4v) is 4.12. The summed E-state index contributed by atoms with van der Waals surface area (Å²) in [5, 5.41) is 2.57. The van der Waals surface area contributed by atoms with Crippen LogP contribution < -0.4 is 5.32 Å². The number of amides is 1. The van der Waals surface area contributed by atoms with E-state index in [0.717, 1.165) is 4.31 Å². The third-order valence-corrected chi connectivity index (χ3v) is 5.54. The molecule has 1 amide bonds. The van der Waals surface area contributed by atoms with Crippen molar-refractivity contribution in [3.8, 4) is 0 Å². The number of benzene rings is 1. The predicted octanol–water partition coefficient (Wildman–Crippen LogP) is 0.719. The second kappa shape index (κ2) is 5.74. The van der Waals surface area contributed by atoms with Gasteiger partial charge in [-0.25, -0.2) is 17.8 Å². The van der Waals surface area contributed by atoms with Crippen molar-refractivity contribution in [2.45, 2.75) is 18.0 Å². The molecule has 0 saturated carbocycles. The number of imidazole rings is 1. The number of hydrogen-bond donors (Lipinski definition) is 2. The number of halogens is 1. The lowest BCUT2D eigenvalue weighted by Gasteiger charge is -2.34. The molecule has 122 valence electrons. The van der Waals surface area contributed by atoms with E-state index in [2.05, 4.69) is 15.3 Å². The van der Waals surface area contributed by atoms with Crippen molar-refractivity contribution in [2.75, 3.05) is 13.1 Å². The topological polar surface area (TPSA) is 95.2 Å². The Morgan fingerprint density at radius 1 is 1.39 bits per heavy atom. The van der Waals surface area contributed by atoms with Gasteiger partial charge in [-0.2, -0.15) is 4.31 Å². The maximum absolute atomic E-state index is 13.3. The SMILES string of the molecule is Cc1cc(F)ccc1C1C(=O)NCCN1S(=O)(=O)c1cnc[nH]1. The Morgan fingerprint density at radius 3 is 2.83 bits per heavy atom. The number of nitrogens with one attached hydrogen (secondary N) is 2. The molecule has 2 aromatic rings. The monoisotopic (exact) mass is 338 g/mol. The molecule has 0 bridgehead atoms. The summed E-state index contributed by atoms with van der Waals surface area (Å²) in [5.41, 5.74) is 0.962. The van der Waals surface area contributed by atoms with E-state index in [4.69, 9.17) is 0 Å². The third-order valence-electron chi connectivity index (χ3n) is 3.75. The van der Waals surface area contributed by atoms with Crippen LogP contribution in [0.1, 0.15) is 17.2 Å². The number of rotatable bonds is 3. The van der Waals surface area contributed by atoms with Crippen LogP contribution in [0.5, 0.6) is 0 Å². The van der Waals surface area contributed by atoms with Crippen molar-refractivity contribution in [1.82, 2.24) is 19.6 Å². The third kappa shape index (κ3) is 2.73. The second-order valence-electron chi connectivity index (χ2n) is 5.23. The van der Waals surface area contributed by atoms with Gasteiger partial charge in [-0.1, -0.05) is 6.07 Å². The van der Waals surface area contributed by atoms with Gasteiger partial charge >= 0.3 is 0 Å². The van der Waals surface area contributed by atoms with Crippen LogP contribution in [0.25, 0.3) is 0 Å². The van der Waals surface area contributed by atoms with Crippen molar-refractivity contribution in [1.29, 1.82) is 0 Å². The van der Waals surface area contributed by atoms with Crippen LogP contribution in [-0.4, -0.2) is 41.7 Å². The summed E-state index contributed by atoms with van der Waals surface area (Å²) in [6, 6.07) is 2.89. The number of piperazine rings is 1. The van der Waals surface area contributed by atoms with Crippen LogP contribution in [0.15, 0.2) is 35.7 Å². The Bertz CT molecular complexity index is 836. The summed E-state index contributed by atoms with van der Waals surface area (Å²) in [4.78, 5) is 18.6. The number of hydrogen-bond acceptors (Lipinski definition) is 4. The van der Waals surface area contributed by atoms with Gasteiger partial charge in [0.2, 0.25) is 5.91 Å². The number of sulfonamides is 1. The molecule has 1 saturated heterocycles. The minimum Gasteiger partial charge on any atom is -0.353 e. The molecular weight excluding hydrogens is 323 g/mol. The molecule has 9 heteroatoms. The molecular formula is C14H15FN4O3S. The Kier molecular flexibility index (Phi) is 3.90. The first kappa shape index (κ1) is 15.6. The normalized spacial score (nSPS) is 19.6. The van der Waals surface area contributed by atoms with E-state index in [9.17, 15) is 17.6 Å². The summed E-state index contributed by atoms with van der Waals surface area (Å²) < 4.78 is 39.9. The molecule has 1 aromatic carbocycles. The van der Waals surface area contributed by atoms with E-state index in [-0.39, 0.29) is 18.1 Å². The predicted molar refractivity (Wildman–Crippen MR) is 79.4 cm³/mol. The molecule has 1 aromatic heterocycles. The smallest absolute Gasteiger partial charge is 0.261 e. The average molecular weight is 338 g/mol. The van der Waals surface area contributed by atoms with Crippen LogP contribution in [0, 0.1) is 12.7 Å². The maximum Gasteiger partial charge on any atom is 0.261 e. The molecule has 1 aliphatic rings. The summed E-state index contributed by atoms with van der Waals surface area (Å²) in [6.45, 7) is 1.97. The van der Waals surface area contributed by atoms with Crippen molar-refractivity contribution >= 4 is 15.9 Å². The fourth-order valence-electron chi connectivity index (χ4n) is 2.66. The standard InChI is InChI=1S/C14H15FN4O3S/c1-9-6-10(15)2-3-11(9)13-14(20)17-4-5-19(13)23(21,22)12-7-16-8-18-12/h2-3,6-8,13H,4-5H2,1H3,(H,16,18)(H,17,20). The number of carbonyl (C=O) groups is 1. The van der Waals surface area contributed by atoms with Gasteiger partial charge in [-0.05, 0) is 30.2 Å². The number of nitrogens with zero attached hydrogens (tertiary/aromatic N) is 2. The summed E-state index contributed by atoms with van der Waals surface area (Å²) in [7, 11) is -3.92. The highest BCUT2D eigenvalue weighted by Gasteiger charge is 2.40. The molecule has 1 fully saturated rings. The van der Waals surface area contributed by atoms with E-state index in [0.29, 0.717) is 11.1 Å². The zero-order valence-corrected chi connectivity index (χ0v) is 13.1. The first-order chi connectivity index (χ1) is 10.9. The highest BCUT2D eigenvalue weighted by atomic mass is 32.2. The number of aryl methyl sites for hydroxylation is 1. The number of carbonyl (C=O) groups excluding carboxylic acids is 1. The molecule has 1 unspecified atom stereocenters. The molecule has 2 heterocycles. The van der Waals surface area contributed by atoms with Gasteiger partial charge in [-0.15, -0.1) is 0 Å². The molecule has 0 spiro atoms. The lowest BCUT2D eigenvalue weighted by Crippen LogP contribution is -2.52. The maximum atomic E-state index is 13.3. The molecule has 2 N–H and O–H groups in total. The van der Waals surface area contributed by atoms with Crippen LogP contribution in [-0.2, 0) is 14.8 Å². The zero-order chi connectivity index (χ0) is 16.6. The highest BCUT2D eigenvalue weighted by Crippen LogP contribution is 2.31. The summed E-state index contributed by atoms with van der Waals surface area (Å²) >= 11 is 0. The molecule has 1 atom stereocenters. The fraction of sp³-hybridized carbons (Fsp3) is 0.286. The van der Waals surface area contributed by atoms with E-state index in [1.807, 2.05) is 0 Å². The first-order valence-corrected chi connectivity index (χ1v) is 8.39. The summed E-state index contributed by atoms with van der Waals surface area (Å²) in [6.07, 6.45) is 2.45. The van der Waals surface area contributed by atoms with Crippen molar-refractivity contribution in [2.24, 2.45) is 0 Å². The van der Waals surface area contributed by atoms with Crippen LogP contribution in [0.2, 0.25) is 0 Å². The largest absolute Gasteiger partial charge is 0.353 e. The zero-order valence-electron chi connectivity index (χ0n) is 12.3. The van der Waals surface area contributed by atoms with Gasteiger partial charge in [0.05, 0.1) is 12.5 Å². The van der Waals surface area contributed by atoms with Gasteiger partial charge in [0.25, 0.3) is 10.0 Å². The Labute approximate surface area is 132 Å². The van der Waals surface area contributed by atoms with Crippen LogP contribution in [0.4, 0.5) is 4.39 Å². The van der Waals surface area contributed by atoms with E-state index in [1.165, 1.54) is 30.7 Å². The van der Waals surface area contributed by atoms with Crippen molar-refractivity contribution in [3.05, 3.63) is 47.7 Å². The van der Waals surface area contributed by atoms with E-state index < -0.39 is 27.8 Å². The summed E-state index contributed by atoms with van der Waals surface area (Å²) in [5.74, 6) is -0.875. The Hall–Kier alpha value is -2.26. The highest BCUT2D eigenvalue weighted by molar-refractivity contribution is 7.89. The molecule has 7 nitrogen and oxygen atoms in total. The van der Waals surface area contributed by atoms with Gasteiger partial charge in [-0.3, -0.25) is 4.79 Å².